The molecule has 28 heavy (non-hydrogen) atoms. The highest BCUT2D eigenvalue weighted by Crippen LogP contribution is 2.20. The fourth-order valence-corrected chi connectivity index (χ4v) is 2.45. The molecule has 2 aromatic carbocycles. The monoisotopic (exact) mass is 385 g/mol. The van der Waals surface area contributed by atoms with Crippen LogP contribution in [0.3, 0.4) is 0 Å². The smallest absolute Gasteiger partial charge is 0.257 e. The molecule has 0 N–H and O–H groups in total. The van der Waals surface area contributed by atoms with Crippen LogP contribution >= 0.6 is 0 Å². The molecule has 7 nitrogen and oxygen atoms in total. The maximum Gasteiger partial charge on any atom is 0.257 e. The maximum absolute atomic E-state index is 12.9. The summed E-state index contributed by atoms with van der Waals surface area (Å²) < 4.78 is 29.0. The minimum atomic E-state index is -0.327. The van der Waals surface area contributed by atoms with Gasteiger partial charge in [0.15, 0.2) is 6.61 Å². The molecule has 0 saturated carbocycles. The first-order valence-electron chi connectivity index (χ1n) is 8.68. The zero-order chi connectivity index (χ0) is 19.9. The van der Waals surface area contributed by atoms with Gasteiger partial charge in [0, 0.05) is 14.0 Å². The molecule has 1 heterocycles. The van der Waals surface area contributed by atoms with Gasteiger partial charge in [0.1, 0.15) is 23.9 Å². The van der Waals surface area contributed by atoms with Gasteiger partial charge in [-0.3, -0.25) is 4.79 Å². The maximum atomic E-state index is 12.9. The second-order valence-corrected chi connectivity index (χ2v) is 6.04. The Hall–Kier alpha value is -3.42. The second-order valence-electron chi connectivity index (χ2n) is 6.04. The summed E-state index contributed by atoms with van der Waals surface area (Å²) in [6, 6.07) is 12.7. The molecular formula is C20H20FN3O4. The van der Waals surface area contributed by atoms with Gasteiger partial charge in [0.25, 0.3) is 5.91 Å². The SMILES string of the molecule is Cc1nc(COc2ccccc2C(=O)N(C)CCOc2ccc(F)cc2)no1. The van der Waals surface area contributed by atoms with E-state index in [1.165, 1.54) is 17.0 Å². The van der Waals surface area contributed by atoms with Crippen LogP contribution in [0.25, 0.3) is 0 Å². The molecule has 0 saturated heterocycles. The number of aryl methyl sites for hydroxylation is 1. The Morgan fingerprint density at radius 1 is 1.14 bits per heavy atom. The first-order valence-corrected chi connectivity index (χ1v) is 8.68. The lowest BCUT2D eigenvalue weighted by Crippen LogP contribution is -2.31. The van der Waals surface area contributed by atoms with Gasteiger partial charge in [0.2, 0.25) is 11.7 Å². The summed E-state index contributed by atoms with van der Waals surface area (Å²) in [6.07, 6.45) is 0. The number of rotatable bonds is 8. The number of aromatic nitrogens is 2. The van der Waals surface area contributed by atoms with Crippen LogP contribution in [0.5, 0.6) is 11.5 Å². The predicted molar refractivity (Wildman–Crippen MR) is 98.7 cm³/mol. The van der Waals surface area contributed by atoms with Crippen molar-refractivity contribution < 1.29 is 23.2 Å². The van der Waals surface area contributed by atoms with E-state index in [1.54, 1.807) is 50.4 Å². The van der Waals surface area contributed by atoms with Gasteiger partial charge in [-0.05, 0) is 36.4 Å². The molecular weight excluding hydrogens is 365 g/mol. The summed E-state index contributed by atoms with van der Waals surface area (Å²) in [5.74, 6) is 1.29. The van der Waals surface area contributed by atoms with E-state index in [0.29, 0.717) is 35.3 Å². The van der Waals surface area contributed by atoms with Crippen molar-refractivity contribution >= 4 is 5.91 Å². The average molecular weight is 385 g/mol. The fraction of sp³-hybridized carbons (Fsp3) is 0.250. The Kier molecular flexibility index (Phi) is 6.21. The summed E-state index contributed by atoms with van der Waals surface area (Å²) in [5, 5.41) is 3.77. The first-order chi connectivity index (χ1) is 13.5. The molecule has 1 aromatic heterocycles. The quantitative estimate of drug-likeness (QED) is 0.592. The number of hydrogen-bond acceptors (Lipinski definition) is 6. The van der Waals surface area contributed by atoms with Crippen LogP contribution in [0.15, 0.2) is 53.1 Å². The molecule has 146 valence electrons. The lowest BCUT2D eigenvalue weighted by Gasteiger charge is -2.19. The molecule has 8 heteroatoms. The molecule has 0 aliphatic heterocycles. The van der Waals surface area contributed by atoms with Crippen molar-refractivity contribution in [3.63, 3.8) is 0 Å². The van der Waals surface area contributed by atoms with Gasteiger partial charge in [-0.25, -0.2) is 4.39 Å². The lowest BCUT2D eigenvalue weighted by molar-refractivity contribution is 0.0768. The van der Waals surface area contributed by atoms with Gasteiger partial charge in [-0.15, -0.1) is 0 Å². The van der Waals surface area contributed by atoms with E-state index in [0.717, 1.165) is 0 Å². The van der Waals surface area contributed by atoms with Crippen molar-refractivity contribution in [2.45, 2.75) is 13.5 Å². The number of nitrogens with zero attached hydrogens (tertiary/aromatic N) is 3. The minimum absolute atomic E-state index is 0.0963. The molecule has 1 amide bonds. The molecule has 0 unspecified atom stereocenters. The highest BCUT2D eigenvalue weighted by molar-refractivity contribution is 5.96. The average Bonchev–Trinajstić information content (AvgIpc) is 3.12. The highest BCUT2D eigenvalue weighted by Gasteiger charge is 2.17. The number of carbonyl (C=O) groups is 1. The first kappa shape index (κ1) is 19.3. The summed E-state index contributed by atoms with van der Waals surface area (Å²) in [4.78, 5) is 18.4. The minimum Gasteiger partial charge on any atom is -0.492 e. The molecule has 3 aromatic rings. The normalized spacial score (nSPS) is 10.5. The summed E-state index contributed by atoms with van der Waals surface area (Å²) in [6.45, 7) is 2.42. The van der Waals surface area contributed by atoms with Crippen LogP contribution in [0.4, 0.5) is 4.39 Å². The molecule has 3 rings (SSSR count). The number of hydrogen-bond donors (Lipinski definition) is 0. The second kappa shape index (κ2) is 8.98. The van der Waals surface area contributed by atoms with Crippen LogP contribution in [-0.2, 0) is 6.61 Å². The van der Waals surface area contributed by atoms with Crippen LogP contribution in [0.2, 0.25) is 0 Å². The number of halogens is 1. The molecule has 0 aliphatic carbocycles. The molecule has 0 spiro atoms. The van der Waals surface area contributed by atoms with E-state index in [4.69, 9.17) is 14.0 Å². The van der Waals surface area contributed by atoms with Crippen molar-refractivity contribution in [2.75, 3.05) is 20.2 Å². The number of amides is 1. The number of para-hydroxylation sites is 1. The number of benzene rings is 2. The van der Waals surface area contributed by atoms with Gasteiger partial charge in [-0.1, -0.05) is 17.3 Å². The largest absolute Gasteiger partial charge is 0.492 e. The lowest BCUT2D eigenvalue weighted by atomic mass is 10.2. The van der Waals surface area contributed by atoms with Crippen molar-refractivity contribution in [3.8, 4) is 11.5 Å². The predicted octanol–water partition coefficient (Wildman–Crippen LogP) is 3.25. The van der Waals surface area contributed by atoms with Gasteiger partial charge in [0.05, 0.1) is 12.1 Å². The third-order valence-corrected chi connectivity index (χ3v) is 3.90. The number of ether oxygens (including phenoxy) is 2. The van der Waals surface area contributed by atoms with E-state index < -0.39 is 0 Å². The van der Waals surface area contributed by atoms with Crippen molar-refractivity contribution in [3.05, 3.63) is 71.6 Å². The van der Waals surface area contributed by atoms with Crippen molar-refractivity contribution in [1.29, 1.82) is 0 Å². The Morgan fingerprint density at radius 2 is 1.89 bits per heavy atom. The third-order valence-electron chi connectivity index (χ3n) is 3.90. The van der Waals surface area contributed by atoms with Crippen LogP contribution in [-0.4, -0.2) is 41.1 Å². The van der Waals surface area contributed by atoms with E-state index >= 15 is 0 Å². The molecule has 0 bridgehead atoms. The summed E-state index contributed by atoms with van der Waals surface area (Å²) in [5.41, 5.74) is 0.423. The van der Waals surface area contributed by atoms with Gasteiger partial charge < -0.3 is 18.9 Å². The topological polar surface area (TPSA) is 77.7 Å². The van der Waals surface area contributed by atoms with E-state index in [1.807, 2.05) is 0 Å². The summed E-state index contributed by atoms with van der Waals surface area (Å²) >= 11 is 0. The molecule has 0 aliphatic rings. The Bertz CT molecular complexity index is 927. The van der Waals surface area contributed by atoms with Crippen molar-refractivity contribution in [2.24, 2.45) is 0 Å². The zero-order valence-electron chi connectivity index (χ0n) is 15.6. The molecule has 0 atom stereocenters. The molecule has 0 fully saturated rings. The Labute approximate surface area is 161 Å². The van der Waals surface area contributed by atoms with E-state index in [9.17, 15) is 9.18 Å². The standard InChI is InChI=1S/C20H20FN3O4/c1-14-22-19(23-28-14)13-27-18-6-4-3-5-17(18)20(25)24(2)11-12-26-16-9-7-15(21)8-10-16/h3-10H,11-13H2,1-2H3. The zero-order valence-corrected chi connectivity index (χ0v) is 15.6. The third kappa shape index (κ3) is 5.06. The highest BCUT2D eigenvalue weighted by atomic mass is 19.1. The Morgan fingerprint density at radius 3 is 2.61 bits per heavy atom. The van der Waals surface area contributed by atoms with Crippen LogP contribution < -0.4 is 9.47 Å². The fourth-order valence-electron chi connectivity index (χ4n) is 2.45. The van der Waals surface area contributed by atoms with Gasteiger partial charge in [-0.2, -0.15) is 4.98 Å². The van der Waals surface area contributed by atoms with E-state index in [2.05, 4.69) is 10.1 Å². The number of likely N-dealkylation sites (N-methyl/N-ethyl adjacent to an activating group) is 1. The number of carbonyl (C=O) groups excluding carboxylic acids is 1. The summed E-state index contributed by atoms with van der Waals surface area (Å²) in [7, 11) is 1.68. The van der Waals surface area contributed by atoms with Crippen LogP contribution in [0.1, 0.15) is 22.1 Å². The van der Waals surface area contributed by atoms with E-state index in [-0.39, 0.29) is 24.9 Å². The van der Waals surface area contributed by atoms with Gasteiger partial charge >= 0.3 is 0 Å². The van der Waals surface area contributed by atoms with Crippen LogP contribution in [0, 0.1) is 12.7 Å². The molecule has 0 radical (unpaired) electrons. The Balaban J connectivity index is 1.57. The van der Waals surface area contributed by atoms with Crippen molar-refractivity contribution in [1.82, 2.24) is 15.0 Å².